The summed E-state index contributed by atoms with van der Waals surface area (Å²) in [5.74, 6) is 1.74. The van der Waals surface area contributed by atoms with Crippen LogP contribution in [0.15, 0.2) is 54.6 Å². The molecule has 2 rings (SSSR count). The van der Waals surface area contributed by atoms with Crippen LogP contribution in [0.4, 0.5) is 0 Å². The summed E-state index contributed by atoms with van der Waals surface area (Å²) in [6.07, 6.45) is 3.68. The van der Waals surface area contributed by atoms with Gasteiger partial charge in [0.05, 0.1) is 0 Å². The number of rotatable bonds is 7. The SMILES string of the molecule is CCC(CC)Cc1ccc(OCc2ccccc2)cc1. The third-order valence-corrected chi connectivity index (χ3v) is 3.85. The molecule has 106 valence electrons. The van der Waals surface area contributed by atoms with E-state index in [1.165, 1.54) is 30.4 Å². The number of hydrogen-bond donors (Lipinski definition) is 0. The van der Waals surface area contributed by atoms with Crippen LogP contribution in [-0.2, 0) is 13.0 Å². The molecule has 0 N–H and O–H groups in total. The summed E-state index contributed by atoms with van der Waals surface area (Å²) in [7, 11) is 0. The van der Waals surface area contributed by atoms with Crippen molar-refractivity contribution in [1.82, 2.24) is 0 Å². The first-order valence-corrected chi connectivity index (χ1v) is 7.57. The molecule has 2 aromatic rings. The lowest BCUT2D eigenvalue weighted by atomic mass is 9.95. The van der Waals surface area contributed by atoms with Gasteiger partial charge < -0.3 is 4.74 Å². The molecule has 0 saturated carbocycles. The summed E-state index contributed by atoms with van der Waals surface area (Å²) in [6.45, 7) is 5.17. The van der Waals surface area contributed by atoms with Gasteiger partial charge in [0, 0.05) is 0 Å². The van der Waals surface area contributed by atoms with Gasteiger partial charge in [-0.1, -0.05) is 69.2 Å². The van der Waals surface area contributed by atoms with Crippen molar-refractivity contribution in [3.8, 4) is 5.75 Å². The van der Waals surface area contributed by atoms with Gasteiger partial charge >= 0.3 is 0 Å². The summed E-state index contributed by atoms with van der Waals surface area (Å²) in [5, 5.41) is 0. The highest BCUT2D eigenvalue weighted by Gasteiger charge is 2.05. The molecule has 0 heterocycles. The van der Waals surface area contributed by atoms with Crippen molar-refractivity contribution in [2.24, 2.45) is 5.92 Å². The van der Waals surface area contributed by atoms with Crippen LogP contribution in [0, 0.1) is 5.92 Å². The summed E-state index contributed by atoms with van der Waals surface area (Å²) in [5.41, 5.74) is 2.61. The largest absolute Gasteiger partial charge is 0.489 e. The molecule has 0 aliphatic carbocycles. The first kappa shape index (κ1) is 14.6. The Hall–Kier alpha value is -1.76. The Morgan fingerprint density at radius 2 is 1.45 bits per heavy atom. The molecule has 1 heteroatoms. The second-order valence-corrected chi connectivity index (χ2v) is 5.30. The molecule has 1 nitrogen and oxygen atoms in total. The highest BCUT2D eigenvalue weighted by molar-refractivity contribution is 5.28. The van der Waals surface area contributed by atoms with Crippen molar-refractivity contribution in [1.29, 1.82) is 0 Å². The molecular weight excluding hydrogens is 244 g/mol. The van der Waals surface area contributed by atoms with E-state index >= 15 is 0 Å². The molecule has 0 fully saturated rings. The first-order valence-electron chi connectivity index (χ1n) is 7.57. The Morgan fingerprint density at radius 1 is 0.800 bits per heavy atom. The molecule has 2 aromatic carbocycles. The van der Waals surface area contributed by atoms with Crippen LogP contribution >= 0.6 is 0 Å². The summed E-state index contributed by atoms with van der Waals surface area (Å²) in [4.78, 5) is 0. The monoisotopic (exact) mass is 268 g/mol. The summed E-state index contributed by atoms with van der Waals surface area (Å²) in [6, 6.07) is 18.8. The molecule has 0 atom stereocenters. The second kappa shape index (κ2) is 7.74. The van der Waals surface area contributed by atoms with Gasteiger partial charge in [-0.2, -0.15) is 0 Å². The van der Waals surface area contributed by atoms with Crippen LogP contribution in [0.5, 0.6) is 5.75 Å². The van der Waals surface area contributed by atoms with Gasteiger partial charge in [-0.3, -0.25) is 0 Å². The zero-order valence-corrected chi connectivity index (χ0v) is 12.5. The predicted molar refractivity (Wildman–Crippen MR) is 85.0 cm³/mol. The number of ether oxygens (including phenoxy) is 1. The van der Waals surface area contributed by atoms with E-state index in [0.29, 0.717) is 6.61 Å². The van der Waals surface area contributed by atoms with Gasteiger partial charge in [-0.15, -0.1) is 0 Å². The highest BCUT2D eigenvalue weighted by Crippen LogP contribution is 2.19. The Kier molecular flexibility index (Phi) is 5.67. The number of benzene rings is 2. The average molecular weight is 268 g/mol. The molecule has 0 aromatic heterocycles. The van der Waals surface area contributed by atoms with E-state index < -0.39 is 0 Å². The Morgan fingerprint density at radius 3 is 2.05 bits per heavy atom. The lowest BCUT2D eigenvalue weighted by molar-refractivity contribution is 0.306. The lowest BCUT2D eigenvalue weighted by Gasteiger charge is -2.12. The van der Waals surface area contributed by atoms with Crippen LogP contribution in [0.25, 0.3) is 0 Å². The van der Waals surface area contributed by atoms with Gasteiger partial charge in [0.15, 0.2) is 0 Å². The fraction of sp³-hybridized carbons (Fsp3) is 0.368. The van der Waals surface area contributed by atoms with Gasteiger partial charge in [-0.05, 0) is 35.6 Å². The minimum atomic E-state index is 0.632. The minimum absolute atomic E-state index is 0.632. The van der Waals surface area contributed by atoms with Gasteiger partial charge in [0.2, 0.25) is 0 Å². The highest BCUT2D eigenvalue weighted by atomic mass is 16.5. The molecule has 0 spiro atoms. The second-order valence-electron chi connectivity index (χ2n) is 5.30. The molecule has 0 aliphatic rings. The van der Waals surface area contributed by atoms with E-state index in [9.17, 15) is 0 Å². The topological polar surface area (TPSA) is 9.23 Å². The normalized spacial score (nSPS) is 10.8. The molecule has 0 radical (unpaired) electrons. The molecule has 0 amide bonds. The van der Waals surface area contributed by atoms with Crippen molar-refractivity contribution in [2.45, 2.75) is 39.7 Å². The third-order valence-electron chi connectivity index (χ3n) is 3.85. The van der Waals surface area contributed by atoms with Crippen LogP contribution in [0.2, 0.25) is 0 Å². The smallest absolute Gasteiger partial charge is 0.119 e. The summed E-state index contributed by atoms with van der Waals surface area (Å²) < 4.78 is 5.80. The van der Waals surface area contributed by atoms with E-state index in [2.05, 4.69) is 50.2 Å². The molecule has 0 bridgehead atoms. The van der Waals surface area contributed by atoms with E-state index in [-0.39, 0.29) is 0 Å². The van der Waals surface area contributed by atoms with Crippen molar-refractivity contribution in [3.63, 3.8) is 0 Å². The standard InChI is InChI=1S/C19H24O/c1-3-16(4-2)14-17-10-12-19(13-11-17)20-15-18-8-6-5-7-9-18/h5-13,16H,3-4,14-15H2,1-2H3. The van der Waals surface area contributed by atoms with Gasteiger partial charge in [0.25, 0.3) is 0 Å². The third kappa shape index (κ3) is 4.41. The lowest BCUT2D eigenvalue weighted by Crippen LogP contribution is -2.01. The number of hydrogen-bond acceptors (Lipinski definition) is 1. The van der Waals surface area contributed by atoms with Crippen LogP contribution in [-0.4, -0.2) is 0 Å². The molecule has 0 aliphatic heterocycles. The summed E-state index contributed by atoms with van der Waals surface area (Å²) >= 11 is 0. The Balaban J connectivity index is 1.88. The van der Waals surface area contributed by atoms with Crippen molar-refractivity contribution in [3.05, 3.63) is 65.7 Å². The quantitative estimate of drug-likeness (QED) is 0.667. The first-order chi connectivity index (χ1) is 9.81. The average Bonchev–Trinajstić information content (AvgIpc) is 2.53. The fourth-order valence-electron chi connectivity index (χ4n) is 2.37. The van der Waals surface area contributed by atoms with E-state index in [0.717, 1.165) is 11.7 Å². The molecule has 20 heavy (non-hydrogen) atoms. The molecule has 0 unspecified atom stereocenters. The van der Waals surface area contributed by atoms with E-state index in [1.54, 1.807) is 0 Å². The molecular formula is C19H24O. The fourth-order valence-corrected chi connectivity index (χ4v) is 2.37. The maximum atomic E-state index is 5.80. The van der Waals surface area contributed by atoms with Crippen LogP contribution < -0.4 is 4.74 Å². The van der Waals surface area contributed by atoms with Crippen LogP contribution in [0.1, 0.15) is 37.8 Å². The van der Waals surface area contributed by atoms with Crippen LogP contribution in [0.3, 0.4) is 0 Å². The predicted octanol–water partition coefficient (Wildman–Crippen LogP) is 5.24. The van der Waals surface area contributed by atoms with Crippen molar-refractivity contribution in [2.75, 3.05) is 0 Å². The molecule has 0 saturated heterocycles. The van der Waals surface area contributed by atoms with Crippen molar-refractivity contribution < 1.29 is 4.74 Å². The maximum absolute atomic E-state index is 5.80. The minimum Gasteiger partial charge on any atom is -0.489 e. The zero-order valence-electron chi connectivity index (χ0n) is 12.5. The Labute approximate surface area is 122 Å². The van der Waals surface area contributed by atoms with Crippen molar-refractivity contribution >= 4 is 0 Å². The maximum Gasteiger partial charge on any atom is 0.119 e. The van der Waals surface area contributed by atoms with Gasteiger partial charge in [0.1, 0.15) is 12.4 Å². The van der Waals surface area contributed by atoms with E-state index in [1.807, 2.05) is 18.2 Å². The Bertz CT molecular complexity index is 483. The zero-order chi connectivity index (χ0) is 14.2. The van der Waals surface area contributed by atoms with E-state index in [4.69, 9.17) is 4.74 Å². The van der Waals surface area contributed by atoms with Gasteiger partial charge in [-0.25, -0.2) is 0 Å².